The summed E-state index contributed by atoms with van der Waals surface area (Å²) in [4.78, 5) is 32.9. The predicted molar refractivity (Wildman–Crippen MR) is 136 cm³/mol. The van der Waals surface area contributed by atoms with Crippen molar-refractivity contribution in [3.8, 4) is 11.1 Å². The number of amides is 2. The molecule has 1 aromatic carbocycles. The number of rotatable bonds is 7. The highest BCUT2D eigenvalue weighted by Crippen LogP contribution is 2.37. The fourth-order valence-corrected chi connectivity index (χ4v) is 5.56. The van der Waals surface area contributed by atoms with Gasteiger partial charge >= 0.3 is 6.18 Å². The van der Waals surface area contributed by atoms with E-state index < -0.39 is 17.8 Å². The number of nitrogens with zero attached hydrogens (tertiary/aromatic N) is 2. The van der Waals surface area contributed by atoms with Gasteiger partial charge in [-0.2, -0.15) is 13.2 Å². The third kappa shape index (κ3) is 6.33. The Morgan fingerprint density at radius 1 is 1.05 bits per heavy atom. The van der Waals surface area contributed by atoms with Gasteiger partial charge in [-0.05, 0) is 67.3 Å². The molecule has 1 aliphatic carbocycles. The molecule has 37 heavy (non-hydrogen) atoms. The summed E-state index contributed by atoms with van der Waals surface area (Å²) >= 11 is 0. The van der Waals surface area contributed by atoms with Crippen molar-refractivity contribution in [2.45, 2.75) is 83.5 Å². The zero-order chi connectivity index (χ0) is 26.6. The molecule has 3 atom stereocenters. The standard InChI is InChI=1S/C29H36F3N3O2/c1-3-19(2)27(36)34-26(20-9-5-4-6-10-20)28(37)35-14-8-13-25(35)23-15-22(17-33-18-23)21-11-7-12-24(16-21)29(30,31)32/h7,11-12,15-20,25-26H,3-6,8-10,13-14H2,1-2H3,(H,34,36). The third-order valence-corrected chi connectivity index (χ3v) is 7.95. The van der Waals surface area contributed by atoms with Crippen LogP contribution in [-0.2, 0) is 15.8 Å². The monoisotopic (exact) mass is 515 g/mol. The van der Waals surface area contributed by atoms with E-state index in [9.17, 15) is 22.8 Å². The Kier molecular flexibility index (Phi) is 8.55. The molecule has 1 saturated carbocycles. The Morgan fingerprint density at radius 2 is 1.81 bits per heavy atom. The lowest BCUT2D eigenvalue weighted by molar-refractivity contribution is -0.140. The number of likely N-dealkylation sites (tertiary alicyclic amines) is 1. The van der Waals surface area contributed by atoms with Crippen LogP contribution in [0.25, 0.3) is 11.1 Å². The van der Waals surface area contributed by atoms with Gasteiger partial charge in [0.1, 0.15) is 6.04 Å². The highest BCUT2D eigenvalue weighted by atomic mass is 19.4. The number of carbonyl (C=O) groups excluding carboxylic acids is 2. The fourth-order valence-electron chi connectivity index (χ4n) is 5.56. The van der Waals surface area contributed by atoms with E-state index in [0.717, 1.165) is 62.6 Å². The summed E-state index contributed by atoms with van der Waals surface area (Å²) in [5.41, 5.74) is 1.11. The minimum absolute atomic E-state index is 0.0597. The van der Waals surface area contributed by atoms with E-state index in [-0.39, 0.29) is 29.7 Å². The van der Waals surface area contributed by atoms with Crippen molar-refractivity contribution in [3.05, 3.63) is 53.9 Å². The molecular weight excluding hydrogens is 479 g/mol. The van der Waals surface area contributed by atoms with Crippen molar-refractivity contribution >= 4 is 11.8 Å². The lowest BCUT2D eigenvalue weighted by Gasteiger charge is -2.35. The van der Waals surface area contributed by atoms with Crippen LogP contribution in [0.15, 0.2) is 42.7 Å². The summed E-state index contributed by atoms with van der Waals surface area (Å²) in [6.45, 7) is 4.42. The first kappa shape index (κ1) is 27.1. The maximum Gasteiger partial charge on any atom is 0.416 e. The molecule has 1 aliphatic heterocycles. The molecule has 3 unspecified atom stereocenters. The predicted octanol–water partition coefficient (Wildman–Crippen LogP) is 6.54. The van der Waals surface area contributed by atoms with Crippen molar-refractivity contribution in [1.29, 1.82) is 0 Å². The number of pyridine rings is 1. The number of benzene rings is 1. The van der Waals surface area contributed by atoms with Crippen LogP contribution in [0, 0.1) is 11.8 Å². The maximum absolute atomic E-state index is 14.0. The smallest absolute Gasteiger partial charge is 0.344 e. The van der Waals surface area contributed by atoms with E-state index in [4.69, 9.17) is 0 Å². The second kappa shape index (κ2) is 11.7. The molecule has 0 spiro atoms. The zero-order valence-electron chi connectivity index (χ0n) is 21.6. The summed E-state index contributed by atoms with van der Waals surface area (Å²) in [7, 11) is 0. The zero-order valence-corrected chi connectivity index (χ0v) is 21.6. The molecule has 2 heterocycles. The molecule has 2 aromatic rings. The second-order valence-corrected chi connectivity index (χ2v) is 10.5. The largest absolute Gasteiger partial charge is 0.416 e. The van der Waals surface area contributed by atoms with Crippen molar-refractivity contribution in [2.75, 3.05) is 6.54 Å². The average molecular weight is 516 g/mol. The number of hydrogen-bond acceptors (Lipinski definition) is 3. The van der Waals surface area contributed by atoms with E-state index in [1.165, 1.54) is 6.07 Å². The normalized spacial score (nSPS) is 20.5. The van der Waals surface area contributed by atoms with Crippen molar-refractivity contribution in [1.82, 2.24) is 15.2 Å². The number of aromatic nitrogens is 1. The summed E-state index contributed by atoms with van der Waals surface area (Å²) in [5, 5.41) is 3.09. The number of alkyl halides is 3. The van der Waals surface area contributed by atoms with E-state index in [1.807, 2.05) is 24.8 Å². The van der Waals surface area contributed by atoms with Gasteiger partial charge in [0, 0.05) is 30.4 Å². The van der Waals surface area contributed by atoms with Gasteiger partial charge < -0.3 is 10.2 Å². The molecule has 5 nitrogen and oxygen atoms in total. The molecule has 200 valence electrons. The van der Waals surface area contributed by atoms with Crippen LogP contribution in [0.2, 0.25) is 0 Å². The van der Waals surface area contributed by atoms with Crippen LogP contribution >= 0.6 is 0 Å². The number of carbonyl (C=O) groups is 2. The SMILES string of the molecule is CCC(C)C(=O)NC(C(=O)N1CCCC1c1cncc(-c2cccc(C(F)(F)F)c2)c1)C1CCCCC1. The van der Waals surface area contributed by atoms with Crippen LogP contribution < -0.4 is 5.32 Å². The van der Waals surface area contributed by atoms with Gasteiger partial charge in [0.15, 0.2) is 0 Å². The number of hydrogen-bond donors (Lipinski definition) is 1. The topological polar surface area (TPSA) is 62.3 Å². The first-order valence-corrected chi connectivity index (χ1v) is 13.4. The molecule has 2 amide bonds. The van der Waals surface area contributed by atoms with Crippen LogP contribution in [-0.4, -0.2) is 34.3 Å². The first-order chi connectivity index (χ1) is 17.7. The molecule has 1 aromatic heterocycles. The fraction of sp³-hybridized carbons (Fsp3) is 0.552. The summed E-state index contributed by atoms with van der Waals surface area (Å²) < 4.78 is 39.8. The first-order valence-electron chi connectivity index (χ1n) is 13.4. The van der Waals surface area contributed by atoms with Gasteiger partial charge in [0.2, 0.25) is 11.8 Å². The Hall–Kier alpha value is -2.90. The van der Waals surface area contributed by atoms with Crippen molar-refractivity contribution in [3.63, 3.8) is 0 Å². The Balaban J connectivity index is 1.59. The minimum Gasteiger partial charge on any atom is -0.344 e. The molecule has 4 rings (SSSR count). The summed E-state index contributed by atoms with van der Waals surface area (Å²) in [6, 6.07) is 6.27. The van der Waals surface area contributed by atoms with Gasteiger partial charge in [0.25, 0.3) is 0 Å². The van der Waals surface area contributed by atoms with E-state index in [1.54, 1.807) is 18.5 Å². The van der Waals surface area contributed by atoms with Gasteiger partial charge in [-0.25, -0.2) is 0 Å². The number of halogens is 3. The Labute approximate surface area is 216 Å². The molecule has 2 fully saturated rings. The Bertz CT molecular complexity index is 1100. The maximum atomic E-state index is 14.0. The van der Waals surface area contributed by atoms with Gasteiger partial charge in [-0.1, -0.05) is 45.2 Å². The highest BCUT2D eigenvalue weighted by Gasteiger charge is 2.39. The Morgan fingerprint density at radius 3 is 2.51 bits per heavy atom. The lowest BCUT2D eigenvalue weighted by Crippen LogP contribution is -2.53. The molecule has 2 aliphatic rings. The van der Waals surface area contributed by atoms with Gasteiger partial charge in [-0.15, -0.1) is 0 Å². The van der Waals surface area contributed by atoms with Crippen LogP contribution in [0.1, 0.15) is 82.4 Å². The van der Waals surface area contributed by atoms with E-state index in [0.29, 0.717) is 24.1 Å². The van der Waals surface area contributed by atoms with Crippen molar-refractivity contribution < 1.29 is 22.8 Å². The van der Waals surface area contributed by atoms with E-state index in [2.05, 4.69) is 10.3 Å². The summed E-state index contributed by atoms with van der Waals surface area (Å²) in [5.74, 6) is -0.197. The molecule has 8 heteroatoms. The van der Waals surface area contributed by atoms with Crippen LogP contribution in [0.3, 0.4) is 0 Å². The van der Waals surface area contributed by atoms with E-state index >= 15 is 0 Å². The highest BCUT2D eigenvalue weighted by molar-refractivity contribution is 5.89. The average Bonchev–Trinajstić information content (AvgIpc) is 3.41. The molecule has 0 radical (unpaired) electrons. The quantitative estimate of drug-likeness (QED) is 0.455. The second-order valence-electron chi connectivity index (χ2n) is 10.5. The molecule has 1 saturated heterocycles. The molecule has 0 bridgehead atoms. The van der Waals surface area contributed by atoms with Crippen molar-refractivity contribution in [2.24, 2.45) is 11.8 Å². The minimum atomic E-state index is -4.43. The summed E-state index contributed by atoms with van der Waals surface area (Å²) in [6.07, 6.45) is 6.19. The van der Waals surface area contributed by atoms with Gasteiger partial charge in [0.05, 0.1) is 11.6 Å². The van der Waals surface area contributed by atoms with Gasteiger partial charge in [-0.3, -0.25) is 14.6 Å². The third-order valence-electron chi connectivity index (χ3n) is 7.95. The van der Waals surface area contributed by atoms with Crippen LogP contribution in [0.4, 0.5) is 13.2 Å². The molecule has 1 N–H and O–H groups in total. The van der Waals surface area contributed by atoms with Crippen LogP contribution in [0.5, 0.6) is 0 Å². The molecular formula is C29H36F3N3O2. The lowest BCUT2D eigenvalue weighted by atomic mass is 9.83. The number of nitrogens with one attached hydrogen (secondary N) is 1.